The van der Waals surface area contributed by atoms with Crippen LogP contribution in [0.4, 0.5) is 0 Å². The number of rotatable bonds is 9. The molecule has 3 nitrogen and oxygen atoms in total. The minimum atomic E-state index is 0.255. The highest BCUT2D eigenvalue weighted by Crippen LogP contribution is 2.39. The van der Waals surface area contributed by atoms with Gasteiger partial charge in [0.25, 0.3) is 0 Å². The lowest BCUT2D eigenvalue weighted by atomic mass is 10.1. The van der Waals surface area contributed by atoms with Crippen LogP contribution in [0.3, 0.4) is 0 Å². The SMILES string of the molecule is CCC(C)=O.CCCCc1cc(O)c(C)cc1Sc1cc(C)c(O)cc1CCCC. The van der Waals surface area contributed by atoms with Crippen molar-refractivity contribution in [3.63, 3.8) is 0 Å². The van der Waals surface area contributed by atoms with Crippen molar-refractivity contribution in [1.29, 1.82) is 0 Å². The van der Waals surface area contributed by atoms with Gasteiger partial charge in [-0.15, -0.1) is 0 Å². The number of carbonyl (C=O) groups is 1. The Balaban J connectivity index is 0.000000804. The fraction of sp³-hybridized carbons (Fsp3) is 0.500. The molecule has 0 saturated carbocycles. The number of carbonyl (C=O) groups excluding carboxylic acids is 1. The van der Waals surface area contributed by atoms with E-state index >= 15 is 0 Å². The zero-order valence-electron chi connectivity index (χ0n) is 19.5. The van der Waals surface area contributed by atoms with Crippen LogP contribution in [-0.4, -0.2) is 16.0 Å². The average Bonchev–Trinajstić information content (AvgIpc) is 2.71. The molecule has 2 N–H and O–H groups in total. The third-order valence-corrected chi connectivity index (χ3v) is 6.28. The molecule has 30 heavy (non-hydrogen) atoms. The molecule has 166 valence electrons. The lowest BCUT2D eigenvalue weighted by Crippen LogP contribution is -1.94. The minimum Gasteiger partial charge on any atom is -0.508 e. The highest BCUT2D eigenvalue weighted by Gasteiger charge is 2.13. The van der Waals surface area contributed by atoms with E-state index in [0.29, 0.717) is 17.9 Å². The van der Waals surface area contributed by atoms with Crippen molar-refractivity contribution < 1.29 is 15.0 Å². The van der Waals surface area contributed by atoms with Crippen LogP contribution in [0.25, 0.3) is 0 Å². The molecule has 0 spiro atoms. The van der Waals surface area contributed by atoms with Crippen molar-refractivity contribution in [2.24, 2.45) is 0 Å². The largest absolute Gasteiger partial charge is 0.508 e. The summed E-state index contributed by atoms with van der Waals surface area (Å²) in [5.74, 6) is 1.01. The van der Waals surface area contributed by atoms with Gasteiger partial charge in [-0.05, 0) is 93.0 Å². The first kappa shape index (κ1) is 26.1. The molecule has 2 rings (SSSR count). The Morgan fingerprint density at radius 1 is 0.800 bits per heavy atom. The number of ketones is 1. The van der Waals surface area contributed by atoms with Crippen molar-refractivity contribution in [2.75, 3.05) is 0 Å². The third-order valence-electron chi connectivity index (χ3n) is 5.08. The number of aryl methyl sites for hydroxylation is 4. The first-order valence-corrected chi connectivity index (χ1v) is 11.9. The Morgan fingerprint density at radius 2 is 1.17 bits per heavy atom. The van der Waals surface area contributed by atoms with E-state index in [2.05, 4.69) is 26.0 Å². The van der Waals surface area contributed by atoms with Crippen LogP contribution in [0, 0.1) is 13.8 Å². The summed E-state index contributed by atoms with van der Waals surface area (Å²) in [5, 5.41) is 20.2. The van der Waals surface area contributed by atoms with Crippen molar-refractivity contribution in [1.82, 2.24) is 0 Å². The second-order valence-corrected chi connectivity index (χ2v) is 8.94. The van der Waals surface area contributed by atoms with Gasteiger partial charge in [0, 0.05) is 16.2 Å². The normalized spacial score (nSPS) is 10.5. The molecule has 0 radical (unpaired) electrons. The topological polar surface area (TPSA) is 57.5 Å². The van der Waals surface area contributed by atoms with Gasteiger partial charge in [-0.25, -0.2) is 0 Å². The molecule has 0 heterocycles. The molecule has 0 unspecified atom stereocenters. The Bertz CT molecular complexity index is 766. The molecule has 2 aromatic rings. The number of unbranched alkanes of at least 4 members (excludes halogenated alkanes) is 2. The van der Waals surface area contributed by atoms with Crippen LogP contribution in [0.2, 0.25) is 0 Å². The van der Waals surface area contributed by atoms with Crippen molar-refractivity contribution in [3.05, 3.63) is 46.5 Å². The predicted octanol–water partition coefficient (Wildman–Crippen LogP) is 7.54. The Hall–Kier alpha value is -1.94. The average molecular weight is 431 g/mol. The quantitative estimate of drug-likeness (QED) is 0.431. The van der Waals surface area contributed by atoms with Gasteiger partial charge < -0.3 is 15.0 Å². The lowest BCUT2D eigenvalue weighted by Gasteiger charge is -2.15. The fourth-order valence-corrected chi connectivity index (χ4v) is 4.15. The number of phenolic OH excluding ortho intramolecular Hbond substituents is 2. The van der Waals surface area contributed by atoms with Gasteiger partial charge in [0.05, 0.1) is 0 Å². The summed E-state index contributed by atoms with van der Waals surface area (Å²) in [6, 6.07) is 8.03. The van der Waals surface area contributed by atoms with Gasteiger partial charge in [-0.3, -0.25) is 0 Å². The summed E-state index contributed by atoms with van der Waals surface area (Å²) in [7, 11) is 0. The molecule has 0 atom stereocenters. The number of Topliss-reactive ketones (excluding diaryl/α,β-unsaturated/α-hetero) is 1. The zero-order valence-corrected chi connectivity index (χ0v) is 20.3. The summed E-state index contributed by atoms with van der Waals surface area (Å²) in [6.45, 7) is 11.7. The molecule has 4 heteroatoms. The maximum atomic E-state index is 10.1. The van der Waals surface area contributed by atoms with E-state index in [-0.39, 0.29) is 5.78 Å². The number of hydrogen-bond donors (Lipinski definition) is 2. The molecule has 0 aliphatic heterocycles. The second-order valence-electron chi connectivity index (χ2n) is 7.86. The fourth-order valence-electron chi connectivity index (χ4n) is 2.86. The molecule has 0 aromatic heterocycles. The van der Waals surface area contributed by atoms with Crippen LogP contribution in [0.5, 0.6) is 11.5 Å². The second kappa shape index (κ2) is 13.4. The number of phenols is 2. The Kier molecular flexibility index (Phi) is 11.6. The number of benzene rings is 2. The predicted molar refractivity (Wildman–Crippen MR) is 128 cm³/mol. The van der Waals surface area contributed by atoms with Crippen molar-refractivity contribution in [2.45, 2.75) is 96.3 Å². The standard InChI is InChI=1S/C22H30O2S.C4H8O/c1-5-7-9-17-13-19(23)15(3)11-21(17)25-22-12-16(4)20(24)14-18(22)10-8-6-2;1-3-4(2)5/h11-14,23-24H,5-10H2,1-4H3;3H2,1-2H3. The summed E-state index contributed by atoms with van der Waals surface area (Å²) < 4.78 is 0. The van der Waals surface area contributed by atoms with Gasteiger partial charge in [0.2, 0.25) is 0 Å². The van der Waals surface area contributed by atoms with Crippen LogP contribution in [0.15, 0.2) is 34.1 Å². The molecule has 0 amide bonds. The van der Waals surface area contributed by atoms with Crippen LogP contribution >= 0.6 is 11.8 Å². The van der Waals surface area contributed by atoms with Crippen molar-refractivity contribution in [3.8, 4) is 11.5 Å². The molecule has 0 aliphatic carbocycles. The van der Waals surface area contributed by atoms with E-state index in [1.165, 1.54) is 20.9 Å². The smallest absolute Gasteiger partial charge is 0.129 e. The van der Waals surface area contributed by atoms with Gasteiger partial charge in [0.15, 0.2) is 0 Å². The first-order valence-electron chi connectivity index (χ1n) is 11.1. The van der Waals surface area contributed by atoms with E-state index in [4.69, 9.17) is 0 Å². The van der Waals surface area contributed by atoms with E-state index in [0.717, 1.165) is 49.7 Å². The van der Waals surface area contributed by atoms with Crippen LogP contribution in [0.1, 0.15) is 82.1 Å². The molecule has 0 saturated heterocycles. The maximum absolute atomic E-state index is 10.1. The lowest BCUT2D eigenvalue weighted by molar-refractivity contribution is -0.116. The van der Waals surface area contributed by atoms with Crippen LogP contribution in [-0.2, 0) is 17.6 Å². The number of hydrogen-bond acceptors (Lipinski definition) is 4. The van der Waals surface area contributed by atoms with Gasteiger partial charge in [-0.1, -0.05) is 45.4 Å². The summed E-state index contributed by atoms with van der Waals surface area (Å²) in [6.07, 6.45) is 7.14. The number of aromatic hydroxyl groups is 2. The molecule has 0 fully saturated rings. The Labute approximate surface area is 186 Å². The van der Waals surface area contributed by atoms with E-state index in [1.807, 2.05) is 32.9 Å². The zero-order chi connectivity index (χ0) is 22.7. The first-order chi connectivity index (χ1) is 14.2. The molecular weight excluding hydrogens is 392 g/mol. The highest BCUT2D eigenvalue weighted by atomic mass is 32.2. The van der Waals surface area contributed by atoms with Crippen molar-refractivity contribution >= 4 is 17.5 Å². The van der Waals surface area contributed by atoms with Gasteiger partial charge in [-0.2, -0.15) is 0 Å². The summed E-state index contributed by atoms with van der Waals surface area (Å²) >= 11 is 1.77. The highest BCUT2D eigenvalue weighted by molar-refractivity contribution is 7.99. The van der Waals surface area contributed by atoms with E-state index in [9.17, 15) is 15.0 Å². The summed E-state index contributed by atoms with van der Waals surface area (Å²) in [5.41, 5.74) is 4.24. The Morgan fingerprint density at radius 3 is 1.47 bits per heavy atom. The van der Waals surface area contributed by atoms with Gasteiger partial charge in [0.1, 0.15) is 17.3 Å². The van der Waals surface area contributed by atoms with E-state index in [1.54, 1.807) is 18.7 Å². The van der Waals surface area contributed by atoms with Gasteiger partial charge >= 0.3 is 0 Å². The monoisotopic (exact) mass is 430 g/mol. The van der Waals surface area contributed by atoms with Crippen LogP contribution < -0.4 is 0 Å². The third kappa shape index (κ3) is 8.43. The molecular formula is C26H38O3S. The molecule has 0 aliphatic rings. The minimum absolute atomic E-state index is 0.255. The molecule has 0 bridgehead atoms. The van der Waals surface area contributed by atoms with E-state index < -0.39 is 0 Å². The summed E-state index contributed by atoms with van der Waals surface area (Å²) in [4.78, 5) is 12.2. The maximum Gasteiger partial charge on any atom is 0.129 e. The molecule has 2 aromatic carbocycles.